The SMILES string of the molecule is C[P+](C)(C(=CC#N)CC#N)c1ccc2ccc3ccc4ccc[n+]5c4c3c2[n+]1C5. The maximum absolute atomic E-state index is 9.33. The zero-order valence-corrected chi connectivity index (χ0v) is 17.3. The van der Waals surface area contributed by atoms with Crippen LogP contribution >= 0.6 is 7.26 Å². The number of pyridine rings is 2. The Morgan fingerprint density at radius 2 is 1.69 bits per heavy atom. The second-order valence-corrected chi connectivity index (χ2v) is 11.8. The molecule has 29 heavy (non-hydrogen) atoms. The standard InChI is InChI=1S/C24H20N4P/c1-29(2,20(11-13-25)12-14-26)21-10-9-19-8-6-17-5-7-18-4-3-15-27-16-28(21)24(19)22(17)23(18)27/h3-11,15H,12,16H2,1-2H3/q+3. The number of allylic oxidation sites excluding steroid dienone is 2. The number of aromatic nitrogens is 2. The third-order valence-electron chi connectivity index (χ3n) is 6.06. The van der Waals surface area contributed by atoms with Crippen LogP contribution in [0, 0.1) is 22.7 Å². The molecule has 2 aromatic heterocycles. The van der Waals surface area contributed by atoms with Gasteiger partial charge in [-0.05, 0) is 29.7 Å². The van der Waals surface area contributed by atoms with Crippen molar-refractivity contribution in [3.05, 3.63) is 66.1 Å². The van der Waals surface area contributed by atoms with Gasteiger partial charge in [0.05, 0.1) is 38.0 Å². The fourth-order valence-corrected chi connectivity index (χ4v) is 6.95. The molecule has 5 heteroatoms. The van der Waals surface area contributed by atoms with Crippen LogP contribution in [-0.2, 0) is 6.67 Å². The highest BCUT2D eigenvalue weighted by Gasteiger charge is 2.45. The summed E-state index contributed by atoms with van der Waals surface area (Å²) in [6.07, 6.45) is 4.01. The molecule has 5 rings (SSSR count). The van der Waals surface area contributed by atoms with Crippen molar-refractivity contribution in [2.75, 3.05) is 13.3 Å². The fourth-order valence-electron chi connectivity index (χ4n) is 4.59. The predicted octanol–water partition coefficient (Wildman–Crippen LogP) is 3.76. The van der Waals surface area contributed by atoms with Gasteiger partial charge in [0.2, 0.25) is 11.0 Å². The summed E-state index contributed by atoms with van der Waals surface area (Å²) in [6, 6.07) is 21.8. The molecule has 0 atom stereocenters. The zero-order chi connectivity index (χ0) is 20.2. The molecule has 0 saturated carbocycles. The maximum Gasteiger partial charge on any atom is 0.348 e. The molecule has 2 aromatic carbocycles. The van der Waals surface area contributed by atoms with Gasteiger partial charge in [0, 0.05) is 22.9 Å². The summed E-state index contributed by atoms with van der Waals surface area (Å²) in [4.78, 5) is 0. The highest BCUT2D eigenvalue weighted by atomic mass is 31.2. The van der Waals surface area contributed by atoms with Gasteiger partial charge >= 0.3 is 12.1 Å². The molecule has 1 aliphatic heterocycles. The third kappa shape index (κ3) is 2.47. The Morgan fingerprint density at radius 3 is 2.41 bits per heavy atom. The van der Waals surface area contributed by atoms with Crippen LogP contribution in [0.15, 0.2) is 66.1 Å². The van der Waals surface area contributed by atoms with Crippen molar-refractivity contribution < 1.29 is 9.13 Å². The van der Waals surface area contributed by atoms with Crippen LogP contribution in [0.4, 0.5) is 0 Å². The summed E-state index contributed by atoms with van der Waals surface area (Å²) < 4.78 is 4.71. The molecule has 0 fully saturated rings. The van der Waals surface area contributed by atoms with Gasteiger partial charge in [0.1, 0.15) is 18.0 Å². The molecule has 0 spiro atoms. The quantitative estimate of drug-likeness (QED) is 0.202. The van der Waals surface area contributed by atoms with Crippen LogP contribution in [0.5, 0.6) is 0 Å². The second kappa shape index (κ2) is 6.35. The van der Waals surface area contributed by atoms with E-state index in [1.54, 1.807) is 6.08 Å². The van der Waals surface area contributed by atoms with Crippen molar-refractivity contribution in [1.29, 1.82) is 10.5 Å². The minimum atomic E-state index is -1.86. The Morgan fingerprint density at radius 1 is 1.00 bits per heavy atom. The predicted molar refractivity (Wildman–Crippen MR) is 117 cm³/mol. The lowest BCUT2D eigenvalue weighted by Crippen LogP contribution is -2.62. The number of hydrogen-bond acceptors (Lipinski definition) is 2. The van der Waals surface area contributed by atoms with Gasteiger partial charge in [-0.1, -0.05) is 12.1 Å². The molecule has 3 heterocycles. The van der Waals surface area contributed by atoms with E-state index in [-0.39, 0.29) is 6.42 Å². The number of rotatable bonds is 3. The van der Waals surface area contributed by atoms with Crippen molar-refractivity contribution in [2.24, 2.45) is 0 Å². The number of nitrogens with zero attached hydrogens (tertiary/aromatic N) is 4. The van der Waals surface area contributed by atoms with Crippen molar-refractivity contribution in [2.45, 2.75) is 13.1 Å². The first-order valence-corrected chi connectivity index (χ1v) is 12.3. The molecule has 0 radical (unpaired) electrons. The van der Waals surface area contributed by atoms with Crippen LogP contribution in [0.1, 0.15) is 6.42 Å². The lowest BCUT2D eigenvalue weighted by molar-refractivity contribution is -0.884. The van der Waals surface area contributed by atoms with Crippen molar-refractivity contribution in [1.82, 2.24) is 0 Å². The van der Waals surface area contributed by atoms with Gasteiger partial charge in [0.25, 0.3) is 0 Å². The van der Waals surface area contributed by atoms with Crippen LogP contribution < -0.4 is 14.6 Å². The van der Waals surface area contributed by atoms with E-state index in [0.29, 0.717) is 0 Å². The summed E-state index contributed by atoms with van der Waals surface area (Å²) in [7, 11) is -1.86. The molecule has 0 aliphatic carbocycles. The zero-order valence-electron chi connectivity index (χ0n) is 16.4. The van der Waals surface area contributed by atoms with Crippen LogP contribution in [0.2, 0.25) is 0 Å². The summed E-state index contributed by atoms with van der Waals surface area (Å²) >= 11 is 0. The van der Waals surface area contributed by atoms with Crippen molar-refractivity contribution in [3.63, 3.8) is 0 Å². The fraction of sp³-hybridized carbons (Fsp3) is 0.167. The molecule has 138 valence electrons. The molecule has 0 unspecified atom stereocenters. The normalized spacial score (nSPS) is 13.3. The molecule has 0 N–H and O–H groups in total. The smallest absolute Gasteiger partial charge is 0.198 e. The lowest BCUT2D eigenvalue weighted by atomic mass is 10.0. The van der Waals surface area contributed by atoms with Gasteiger partial charge in [-0.3, -0.25) is 0 Å². The first-order chi connectivity index (χ1) is 14.1. The van der Waals surface area contributed by atoms with Crippen molar-refractivity contribution in [3.8, 4) is 12.1 Å². The van der Waals surface area contributed by atoms with E-state index in [1.165, 1.54) is 38.0 Å². The topological polar surface area (TPSA) is 55.3 Å². The van der Waals surface area contributed by atoms with Crippen LogP contribution in [0.25, 0.3) is 32.6 Å². The highest BCUT2D eigenvalue weighted by molar-refractivity contribution is 7.84. The molecule has 4 aromatic rings. The molecular formula is C24H20N4P+3. The van der Waals surface area contributed by atoms with Crippen LogP contribution in [0.3, 0.4) is 0 Å². The van der Waals surface area contributed by atoms with Gasteiger partial charge in [-0.15, -0.1) is 9.13 Å². The minimum absolute atomic E-state index is 0.288. The first kappa shape index (κ1) is 17.7. The largest absolute Gasteiger partial charge is 0.348 e. The Labute approximate surface area is 169 Å². The van der Waals surface area contributed by atoms with E-state index in [0.717, 1.165) is 12.0 Å². The van der Waals surface area contributed by atoms with Gasteiger partial charge < -0.3 is 0 Å². The summed E-state index contributed by atoms with van der Waals surface area (Å²) in [5.41, 5.74) is 3.74. The van der Waals surface area contributed by atoms with E-state index in [4.69, 9.17) is 0 Å². The number of hydrogen-bond donors (Lipinski definition) is 0. The van der Waals surface area contributed by atoms with E-state index < -0.39 is 7.26 Å². The molecule has 0 amide bonds. The molecule has 1 aliphatic rings. The van der Waals surface area contributed by atoms with Crippen LogP contribution in [-0.4, -0.2) is 13.3 Å². The maximum atomic E-state index is 9.33. The number of benzene rings is 2. The summed E-state index contributed by atoms with van der Waals surface area (Å²) in [5, 5.41) is 24.5. The molecular weight excluding hydrogens is 375 g/mol. The van der Waals surface area contributed by atoms with E-state index in [2.05, 4.69) is 89.3 Å². The monoisotopic (exact) mass is 395 g/mol. The molecule has 4 nitrogen and oxygen atoms in total. The summed E-state index contributed by atoms with van der Waals surface area (Å²) in [6.45, 7) is 5.16. The van der Waals surface area contributed by atoms with Gasteiger partial charge in [0.15, 0.2) is 6.20 Å². The van der Waals surface area contributed by atoms with E-state index >= 15 is 0 Å². The highest BCUT2D eigenvalue weighted by Crippen LogP contribution is 2.58. The van der Waals surface area contributed by atoms with E-state index in [1.807, 2.05) is 0 Å². The Kier molecular flexibility index (Phi) is 3.88. The Balaban J connectivity index is 1.92. The number of nitriles is 2. The Bertz CT molecular complexity index is 1450. The van der Waals surface area contributed by atoms with E-state index in [9.17, 15) is 10.5 Å². The Hall–Kier alpha value is -3.33. The third-order valence-corrected chi connectivity index (χ3v) is 9.32. The molecule has 0 bridgehead atoms. The van der Waals surface area contributed by atoms with Gasteiger partial charge in [-0.2, -0.15) is 10.5 Å². The average molecular weight is 395 g/mol. The first-order valence-electron chi connectivity index (χ1n) is 9.57. The second-order valence-electron chi connectivity index (χ2n) is 7.90. The minimum Gasteiger partial charge on any atom is -0.198 e. The molecule has 0 saturated heterocycles. The van der Waals surface area contributed by atoms with Gasteiger partial charge in [-0.25, -0.2) is 0 Å². The average Bonchev–Trinajstić information content (AvgIpc) is 2.73. The lowest BCUT2D eigenvalue weighted by Gasteiger charge is -2.19. The summed E-state index contributed by atoms with van der Waals surface area (Å²) in [5.74, 6) is 0. The van der Waals surface area contributed by atoms with Crippen molar-refractivity contribution >= 4 is 45.3 Å².